The van der Waals surface area contributed by atoms with Crippen molar-refractivity contribution in [1.82, 2.24) is 14.5 Å². The van der Waals surface area contributed by atoms with Crippen molar-refractivity contribution in [3.8, 4) is 0 Å². The molecule has 0 aliphatic heterocycles. The lowest BCUT2D eigenvalue weighted by Gasteiger charge is -2.17. The molecule has 0 bridgehead atoms. The molecule has 1 heterocycles. The average Bonchev–Trinajstić information content (AvgIpc) is 2.63. The van der Waals surface area contributed by atoms with Crippen molar-refractivity contribution >= 4 is 22.6 Å². The molecule has 0 aliphatic rings. The Kier molecular flexibility index (Phi) is 4.45. The zero-order valence-corrected chi connectivity index (χ0v) is 12.4. The van der Waals surface area contributed by atoms with Crippen LogP contribution in [0.5, 0.6) is 0 Å². The molecule has 0 fully saturated rings. The molecule has 2 rings (SSSR count). The Morgan fingerprint density at radius 1 is 1.47 bits per heavy atom. The highest BCUT2D eigenvalue weighted by Gasteiger charge is 2.10. The molecule has 0 radical (unpaired) electrons. The van der Waals surface area contributed by atoms with E-state index < -0.39 is 0 Å². The number of hydrogen-bond acceptors (Lipinski definition) is 3. The van der Waals surface area contributed by atoms with Gasteiger partial charge in [0.05, 0.1) is 23.7 Å². The number of benzene rings is 1. The second-order valence-electron chi connectivity index (χ2n) is 5.10. The number of aliphatic hydroxyl groups excluding tert-OH is 1. The first-order valence-electron chi connectivity index (χ1n) is 6.45. The Morgan fingerprint density at radius 3 is 2.89 bits per heavy atom. The number of imidazole rings is 1. The van der Waals surface area contributed by atoms with Gasteiger partial charge in [-0.1, -0.05) is 11.6 Å². The number of hydrogen-bond donors (Lipinski definition) is 1. The molecule has 0 spiro atoms. The Morgan fingerprint density at radius 2 is 2.21 bits per heavy atom. The zero-order chi connectivity index (χ0) is 14.0. The highest BCUT2D eigenvalue weighted by molar-refractivity contribution is 6.31. The first kappa shape index (κ1) is 14.3. The molecule has 0 amide bonds. The van der Waals surface area contributed by atoms with Crippen LogP contribution in [0.1, 0.15) is 19.2 Å². The molecular formula is C14H20ClN3O. The Bertz CT molecular complexity index is 565. The van der Waals surface area contributed by atoms with Crippen LogP contribution in [0.4, 0.5) is 0 Å². The highest BCUT2D eigenvalue weighted by atomic mass is 35.5. The van der Waals surface area contributed by atoms with Gasteiger partial charge in [0.15, 0.2) is 0 Å². The van der Waals surface area contributed by atoms with Crippen molar-refractivity contribution < 1.29 is 5.11 Å². The van der Waals surface area contributed by atoms with E-state index in [9.17, 15) is 5.11 Å². The third-order valence-corrected chi connectivity index (χ3v) is 3.51. The smallest absolute Gasteiger partial charge is 0.123 e. The number of aliphatic hydroxyl groups is 1. The lowest BCUT2D eigenvalue weighted by Crippen LogP contribution is -2.23. The minimum absolute atomic E-state index is 0.262. The third kappa shape index (κ3) is 3.47. The lowest BCUT2D eigenvalue weighted by molar-refractivity contribution is 0.162. The molecule has 1 N–H and O–H groups in total. The van der Waals surface area contributed by atoms with E-state index >= 15 is 0 Å². The minimum atomic E-state index is -0.262. The first-order chi connectivity index (χ1) is 8.97. The second-order valence-corrected chi connectivity index (χ2v) is 5.53. The maximum Gasteiger partial charge on any atom is 0.123 e. The van der Waals surface area contributed by atoms with Crippen LogP contribution in [-0.4, -0.2) is 39.3 Å². The molecule has 1 atom stereocenters. The zero-order valence-electron chi connectivity index (χ0n) is 11.6. The summed E-state index contributed by atoms with van der Waals surface area (Å²) in [5.41, 5.74) is 2.01. The summed E-state index contributed by atoms with van der Waals surface area (Å²) in [4.78, 5) is 6.78. The fourth-order valence-electron chi connectivity index (χ4n) is 2.09. The summed E-state index contributed by atoms with van der Waals surface area (Å²) in [5.74, 6) is 1.00. The van der Waals surface area contributed by atoms with Gasteiger partial charge in [-0.15, -0.1) is 0 Å². The molecule has 1 aromatic carbocycles. The minimum Gasteiger partial charge on any atom is -0.393 e. The number of aromatic nitrogens is 2. The van der Waals surface area contributed by atoms with E-state index in [1.165, 1.54) is 0 Å². The molecule has 0 aliphatic carbocycles. The van der Waals surface area contributed by atoms with Gasteiger partial charge in [-0.2, -0.15) is 0 Å². The van der Waals surface area contributed by atoms with Gasteiger partial charge < -0.3 is 9.67 Å². The van der Waals surface area contributed by atoms with Crippen LogP contribution in [0, 0.1) is 0 Å². The molecule has 1 aromatic heterocycles. The van der Waals surface area contributed by atoms with Crippen LogP contribution in [0.2, 0.25) is 5.02 Å². The van der Waals surface area contributed by atoms with E-state index in [-0.39, 0.29) is 6.10 Å². The highest BCUT2D eigenvalue weighted by Crippen LogP contribution is 2.20. The van der Waals surface area contributed by atoms with Crippen LogP contribution in [0.15, 0.2) is 18.2 Å². The van der Waals surface area contributed by atoms with Crippen molar-refractivity contribution in [3.05, 3.63) is 29.0 Å². The monoisotopic (exact) mass is 281 g/mol. The van der Waals surface area contributed by atoms with Crippen LogP contribution < -0.4 is 0 Å². The molecular weight excluding hydrogens is 262 g/mol. The van der Waals surface area contributed by atoms with Crippen molar-refractivity contribution in [1.29, 1.82) is 0 Å². The summed E-state index contributed by atoms with van der Waals surface area (Å²) in [5, 5.41) is 10.0. The quantitative estimate of drug-likeness (QED) is 0.915. The van der Waals surface area contributed by atoms with E-state index in [1.807, 2.05) is 39.2 Å². The van der Waals surface area contributed by atoms with Crippen LogP contribution in [-0.2, 0) is 13.6 Å². The topological polar surface area (TPSA) is 41.3 Å². The van der Waals surface area contributed by atoms with Gasteiger partial charge in [0.25, 0.3) is 0 Å². The molecule has 19 heavy (non-hydrogen) atoms. The van der Waals surface area contributed by atoms with Gasteiger partial charge in [0.1, 0.15) is 5.82 Å². The standard InChI is InChI=1S/C14H20ClN3O/c1-10(19)6-7-17(2)9-14-16-12-8-11(15)4-5-13(12)18(14)3/h4-5,8,10,19H,6-7,9H2,1-3H3. The predicted molar refractivity (Wildman–Crippen MR) is 78.4 cm³/mol. The van der Waals surface area contributed by atoms with Crippen molar-refractivity contribution in [2.24, 2.45) is 7.05 Å². The number of fused-ring (bicyclic) bond motifs is 1. The maximum absolute atomic E-state index is 9.30. The molecule has 104 valence electrons. The number of nitrogens with zero attached hydrogens (tertiary/aromatic N) is 3. The molecule has 2 aromatic rings. The summed E-state index contributed by atoms with van der Waals surface area (Å²) in [6.07, 6.45) is 0.508. The van der Waals surface area contributed by atoms with E-state index in [2.05, 4.69) is 14.5 Å². The third-order valence-electron chi connectivity index (χ3n) is 3.28. The Balaban J connectivity index is 2.14. The molecule has 4 nitrogen and oxygen atoms in total. The molecule has 1 unspecified atom stereocenters. The Hall–Kier alpha value is -1.10. The van der Waals surface area contributed by atoms with Gasteiger partial charge in [-0.25, -0.2) is 4.98 Å². The molecule has 0 saturated carbocycles. The van der Waals surface area contributed by atoms with E-state index in [0.717, 1.165) is 36.4 Å². The summed E-state index contributed by atoms with van der Waals surface area (Å²) in [6.45, 7) is 3.42. The maximum atomic E-state index is 9.30. The van der Waals surface area contributed by atoms with Gasteiger partial charge in [-0.05, 0) is 38.6 Å². The first-order valence-corrected chi connectivity index (χ1v) is 6.82. The summed E-state index contributed by atoms with van der Waals surface area (Å²) in [7, 11) is 4.05. The molecule has 0 saturated heterocycles. The predicted octanol–water partition coefficient (Wildman–Crippen LogP) is 2.43. The fourth-order valence-corrected chi connectivity index (χ4v) is 2.26. The van der Waals surface area contributed by atoms with E-state index in [4.69, 9.17) is 11.6 Å². The molecule has 5 heteroatoms. The fraction of sp³-hybridized carbons (Fsp3) is 0.500. The summed E-state index contributed by atoms with van der Waals surface area (Å²) < 4.78 is 2.09. The normalized spacial score (nSPS) is 13.4. The van der Waals surface area contributed by atoms with Crippen molar-refractivity contribution in [2.45, 2.75) is 26.0 Å². The van der Waals surface area contributed by atoms with Crippen molar-refractivity contribution in [3.63, 3.8) is 0 Å². The Labute approximate surface area is 118 Å². The second kappa shape index (κ2) is 5.90. The number of aryl methyl sites for hydroxylation is 1. The van der Waals surface area contributed by atoms with E-state index in [1.54, 1.807) is 0 Å². The van der Waals surface area contributed by atoms with Gasteiger partial charge in [0.2, 0.25) is 0 Å². The van der Waals surface area contributed by atoms with Gasteiger partial charge in [-0.3, -0.25) is 4.90 Å². The lowest BCUT2D eigenvalue weighted by atomic mass is 10.3. The average molecular weight is 282 g/mol. The summed E-state index contributed by atoms with van der Waals surface area (Å²) >= 11 is 5.98. The van der Waals surface area contributed by atoms with Crippen LogP contribution in [0.25, 0.3) is 11.0 Å². The number of halogens is 1. The number of rotatable bonds is 5. The van der Waals surface area contributed by atoms with Gasteiger partial charge in [0, 0.05) is 18.6 Å². The van der Waals surface area contributed by atoms with Crippen LogP contribution >= 0.6 is 11.6 Å². The van der Waals surface area contributed by atoms with E-state index in [0.29, 0.717) is 5.02 Å². The largest absolute Gasteiger partial charge is 0.393 e. The van der Waals surface area contributed by atoms with Crippen molar-refractivity contribution in [2.75, 3.05) is 13.6 Å². The van der Waals surface area contributed by atoms with Crippen LogP contribution in [0.3, 0.4) is 0 Å². The summed E-state index contributed by atoms with van der Waals surface area (Å²) in [6, 6.07) is 5.76. The SMILES string of the molecule is CC(O)CCN(C)Cc1nc2cc(Cl)ccc2n1C. The van der Waals surface area contributed by atoms with Gasteiger partial charge >= 0.3 is 0 Å².